The fourth-order valence-electron chi connectivity index (χ4n) is 3.62. The summed E-state index contributed by atoms with van der Waals surface area (Å²) in [6, 6.07) is 18.1. The van der Waals surface area contributed by atoms with Gasteiger partial charge in [-0.25, -0.2) is 4.39 Å². The molecule has 1 atom stereocenters. The van der Waals surface area contributed by atoms with Gasteiger partial charge in [-0.05, 0) is 42.5 Å². The quantitative estimate of drug-likeness (QED) is 0.370. The van der Waals surface area contributed by atoms with Gasteiger partial charge in [-0.1, -0.05) is 85.9 Å². The molecular weight excluding hydrogens is 343 g/mol. The first-order chi connectivity index (χ1) is 13.7. The number of hydrogen-bond acceptors (Lipinski definition) is 0. The van der Waals surface area contributed by atoms with Crippen molar-refractivity contribution >= 4 is 5.57 Å². The third kappa shape index (κ3) is 4.90. The van der Waals surface area contributed by atoms with Gasteiger partial charge in [0, 0.05) is 17.6 Å². The first kappa shape index (κ1) is 19.9. The van der Waals surface area contributed by atoms with E-state index in [0.29, 0.717) is 12.0 Å². The van der Waals surface area contributed by atoms with Crippen molar-refractivity contribution in [2.24, 2.45) is 5.41 Å². The molecular formula is C27H27F. The summed E-state index contributed by atoms with van der Waals surface area (Å²) in [5, 5.41) is 0. The Bertz CT molecular complexity index is 920. The van der Waals surface area contributed by atoms with Crippen LogP contribution in [0.5, 0.6) is 0 Å². The van der Waals surface area contributed by atoms with Crippen LogP contribution in [-0.2, 0) is 6.42 Å². The molecule has 2 aromatic rings. The number of halogens is 1. The fraction of sp³-hybridized carbons (Fsp3) is 0.259. The highest BCUT2D eigenvalue weighted by Crippen LogP contribution is 2.41. The van der Waals surface area contributed by atoms with Crippen LogP contribution >= 0.6 is 0 Å². The summed E-state index contributed by atoms with van der Waals surface area (Å²) in [6.45, 7) is 5.89. The molecule has 0 amide bonds. The van der Waals surface area contributed by atoms with Gasteiger partial charge in [0.15, 0.2) is 0 Å². The number of allylic oxidation sites excluding steroid dienone is 5. The van der Waals surface area contributed by atoms with Crippen molar-refractivity contribution in [2.75, 3.05) is 0 Å². The molecule has 0 saturated heterocycles. The Morgan fingerprint density at radius 2 is 1.86 bits per heavy atom. The number of rotatable bonds is 6. The summed E-state index contributed by atoms with van der Waals surface area (Å²) in [5.74, 6) is 6.61. The van der Waals surface area contributed by atoms with Crippen LogP contribution < -0.4 is 0 Å². The molecule has 0 heterocycles. The molecule has 0 fully saturated rings. The largest absolute Gasteiger partial charge is 0.211 e. The van der Waals surface area contributed by atoms with Crippen LogP contribution in [0.3, 0.4) is 0 Å². The van der Waals surface area contributed by atoms with Crippen molar-refractivity contribution in [3.05, 3.63) is 102 Å². The van der Waals surface area contributed by atoms with Gasteiger partial charge in [0.25, 0.3) is 0 Å². The first-order valence-corrected chi connectivity index (χ1v) is 10.0. The Morgan fingerprint density at radius 1 is 1.11 bits per heavy atom. The van der Waals surface area contributed by atoms with E-state index in [9.17, 15) is 0 Å². The van der Waals surface area contributed by atoms with E-state index in [1.807, 2.05) is 42.5 Å². The summed E-state index contributed by atoms with van der Waals surface area (Å²) in [6.07, 6.45) is 10.1. The molecule has 0 aliphatic heterocycles. The van der Waals surface area contributed by atoms with Gasteiger partial charge >= 0.3 is 0 Å². The molecule has 1 unspecified atom stereocenters. The van der Waals surface area contributed by atoms with E-state index in [1.165, 1.54) is 5.56 Å². The van der Waals surface area contributed by atoms with Crippen LogP contribution in [0.25, 0.3) is 5.57 Å². The van der Waals surface area contributed by atoms with Gasteiger partial charge in [-0.2, -0.15) is 0 Å². The lowest BCUT2D eigenvalue weighted by Crippen LogP contribution is -2.19. The zero-order valence-corrected chi connectivity index (χ0v) is 16.5. The zero-order chi connectivity index (χ0) is 19.8. The minimum absolute atomic E-state index is 0.0729. The maximum absolute atomic E-state index is 15.0. The minimum atomic E-state index is -0.432. The molecule has 0 bridgehead atoms. The van der Waals surface area contributed by atoms with E-state index in [0.717, 1.165) is 36.8 Å². The predicted octanol–water partition coefficient (Wildman–Crippen LogP) is 7.28. The Balaban J connectivity index is 1.81. The Kier molecular flexibility index (Phi) is 6.66. The second-order valence-corrected chi connectivity index (χ2v) is 7.38. The molecule has 28 heavy (non-hydrogen) atoms. The Morgan fingerprint density at radius 3 is 2.50 bits per heavy atom. The highest BCUT2D eigenvalue weighted by molar-refractivity contribution is 5.77. The lowest BCUT2D eigenvalue weighted by Gasteiger charge is -2.28. The number of aryl methyl sites for hydroxylation is 1. The third-order valence-corrected chi connectivity index (χ3v) is 5.16. The van der Waals surface area contributed by atoms with Gasteiger partial charge in [0.1, 0.15) is 5.83 Å². The van der Waals surface area contributed by atoms with E-state index in [-0.39, 0.29) is 5.83 Å². The maximum atomic E-state index is 15.0. The number of benzene rings is 2. The first-order valence-electron chi connectivity index (χ1n) is 10.0. The molecule has 0 spiro atoms. The second-order valence-electron chi connectivity index (χ2n) is 7.38. The molecule has 1 heteroatoms. The summed E-state index contributed by atoms with van der Waals surface area (Å²) >= 11 is 0. The molecule has 0 nitrogen and oxygen atoms in total. The van der Waals surface area contributed by atoms with Gasteiger partial charge in [-0.3, -0.25) is 0 Å². The predicted molar refractivity (Wildman–Crippen MR) is 117 cm³/mol. The van der Waals surface area contributed by atoms with Gasteiger partial charge in [-0.15, -0.1) is 6.58 Å². The smallest absolute Gasteiger partial charge is 0.110 e. The van der Waals surface area contributed by atoms with Crippen LogP contribution in [0.4, 0.5) is 4.39 Å². The van der Waals surface area contributed by atoms with E-state index in [4.69, 9.17) is 0 Å². The van der Waals surface area contributed by atoms with Crippen molar-refractivity contribution in [1.82, 2.24) is 0 Å². The summed E-state index contributed by atoms with van der Waals surface area (Å²) in [7, 11) is 0. The lowest BCUT2D eigenvalue weighted by molar-refractivity contribution is 0.409. The number of hydrogen-bond donors (Lipinski definition) is 0. The topological polar surface area (TPSA) is 0 Å². The van der Waals surface area contributed by atoms with Crippen LogP contribution in [0, 0.1) is 17.3 Å². The highest BCUT2D eigenvalue weighted by Gasteiger charge is 2.30. The standard InChI is InChI=1S/C27H27F/c1-3-5-9-22-12-14-23(15-13-22)16-19-27(18-4-2)20-17-25(26(28)21-27)24-10-7-6-8-11-24/h3,6-8,10-15,17,20H,1,4-5,9,18,21H2,2H3. The SMILES string of the molecule is C=CCCc1ccc(C#CC2(CCC)C=CC(c3ccccc3)=C(F)C2)cc1. The van der Waals surface area contributed by atoms with Crippen molar-refractivity contribution in [3.8, 4) is 11.8 Å². The lowest BCUT2D eigenvalue weighted by atomic mass is 9.75. The Hall–Kier alpha value is -2.85. The van der Waals surface area contributed by atoms with Crippen molar-refractivity contribution < 1.29 is 4.39 Å². The van der Waals surface area contributed by atoms with Gasteiger partial charge < -0.3 is 0 Å². The Labute approximate surface area is 168 Å². The van der Waals surface area contributed by atoms with Crippen LogP contribution in [0.1, 0.15) is 49.3 Å². The van der Waals surface area contributed by atoms with E-state index in [1.54, 1.807) is 0 Å². The highest BCUT2D eigenvalue weighted by atomic mass is 19.1. The van der Waals surface area contributed by atoms with E-state index >= 15 is 4.39 Å². The third-order valence-electron chi connectivity index (χ3n) is 5.16. The average Bonchev–Trinajstić information content (AvgIpc) is 2.72. The molecule has 1 aliphatic carbocycles. The second kappa shape index (κ2) is 9.38. The monoisotopic (exact) mass is 370 g/mol. The summed E-state index contributed by atoms with van der Waals surface area (Å²) in [4.78, 5) is 0. The van der Waals surface area contributed by atoms with Crippen molar-refractivity contribution in [2.45, 2.75) is 39.0 Å². The molecule has 3 rings (SSSR count). The van der Waals surface area contributed by atoms with Crippen molar-refractivity contribution in [3.63, 3.8) is 0 Å². The molecule has 1 aliphatic rings. The minimum Gasteiger partial charge on any atom is -0.211 e. The normalized spacial score (nSPS) is 18.5. The van der Waals surface area contributed by atoms with E-state index < -0.39 is 5.41 Å². The van der Waals surface area contributed by atoms with Crippen LogP contribution in [0.15, 0.2) is 85.2 Å². The molecule has 2 aromatic carbocycles. The molecule has 0 N–H and O–H groups in total. The van der Waals surface area contributed by atoms with Crippen LogP contribution in [-0.4, -0.2) is 0 Å². The molecule has 142 valence electrons. The van der Waals surface area contributed by atoms with Crippen LogP contribution in [0.2, 0.25) is 0 Å². The zero-order valence-electron chi connectivity index (χ0n) is 16.5. The fourth-order valence-corrected chi connectivity index (χ4v) is 3.62. The average molecular weight is 371 g/mol. The van der Waals surface area contributed by atoms with Crippen molar-refractivity contribution in [1.29, 1.82) is 0 Å². The van der Waals surface area contributed by atoms with Gasteiger partial charge in [0.05, 0.1) is 5.41 Å². The summed E-state index contributed by atoms with van der Waals surface area (Å²) < 4.78 is 15.0. The van der Waals surface area contributed by atoms with E-state index in [2.05, 4.69) is 55.7 Å². The van der Waals surface area contributed by atoms with Gasteiger partial charge in [0.2, 0.25) is 0 Å². The summed E-state index contributed by atoms with van der Waals surface area (Å²) in [5.41, 5.74) is 3.43. The maximum Gasteiger partial charge on any atom is 0.110 e. The molecule has 0 radical (unpaired) electrons. The molecule has 0 aromatic heterocycles. The molecule has 0 saturated carbocycles.